The highest BCUT2D eigenvalue weighted by atomic mass is 19.1. The smallest absolute Gasteiger partial charge is 0.188 e. The quantitative estimate of drug-likeness (QED) is 0.670. The number of benzene rings is 1. The van der Waals surface area contributed by atoms with Gasteiger partial charge in [0.15, 0.2) is 6.79 Å². The third-order valence-electron chi connectivity index (χ3n) is 1.68. The number of alkyl halides is 1. The van der Waals surface area contributed by atoms with Gasteiger partial charge >= 0.3 is 0 Å². The normalized spacial score (nSPS) is 12.5. The van der Waals surface area contributed by atoms with Gasteiger partial charge in [-0.05, 0) is 13.0 Å². The summed E-state index contributed by atoms with van der Waals surface area (Å²) in [5.41, 5.74) is 0.555. The van der Waals surface area contributed by atoms with E-state index in [-0.39, 0.29) is 6.79 Å². The topological polar surface area (TPSA) is 18.5 Å². The molecule has 0 N–H and O–H groups in total. The maximum absolute atomic E-state index is 13.0. The second-order valence-corrected chi connectivity index (χ2v) is 2.70. The van der Waals surface area contributed by atoms with E-state index >= 15 is 0 Å². The number of hydrogen-bond donors (Lipinski definition) is 0. The molecular formula is C10H13FO2. The molecule has 1 rings (SSSR count). The number of halogens is 1. The minimum atomic E-state index is -1.02. The van der Waals surface area contributed by atoms with Crippen LogP contribution in [0.2, 0.25) is 0 Å². The van der Waals surface area contributed by atoms with Crippen LogP contribution in [0.1, 0.15) is 18.7 Å². The van der Waals surface area contributed by atoms with E-state index in [0.717, 1.165) is 0 Å². The lowest BCUT2D eigenvalue weighted by atomic mass is 10.1. The highest BCUT2D eigenvalue weighted by Crippen LogP contribution is 2.26. The molecule has 1 atom stereocenters. The molecule has 0 heterocycles. The number of hydrogen-bond acceptors (Lipinski definition) is 2. The van der Waals surface area contributed by atoms with E-state index in [0.29, 0.717) is 11.3 Å². The van der Waals surface area contributed by atoms with Crippen molar-refractivity contribution < 1.29 is 13.9 Å². The maximum Gasteiger partial charge on any atom is 0.188 e. The summed E-state index contributed by atoms with van der Waals surface area (Å²) in [6, 6.07) is 7.02. The molecule has 0 aliphatic rings. The molecule has 0 aromatic heterocycles. The second-order valence-electron chi connectivity index (χ2n) is 2.70. The summed E-state index contributed by atoms with van der Waals surface area (Å²) >= 11 is 0. The van der Waals surface area contributed by atoms with Gasteiger partial charge in [0.2, 0.25) is 0 Å². The van der Waals surface area contributed by atoms with Gasteiger partial charge in [0.05, 0.1) is 0 Å². The molecule has 3 heteroatoms. The molecule has 2 nitrogen and oxygen atoms in total. The molecule has 0 spiro atoms. The summed E-state index contributed by atoms with van der Waals surface area (Å²) in [6.45, 7) is 1.62. The van der Waals surface area contributed by atoms with Crippen molar-refractivity contribution >= 4 is 0 Å². The van der Waals surface area contributed by atoms with Crippen molar-refractivity contribution in [1.29, 1.82) is 0 Å². The third kappa shape index (κ3) is 2.70. The van der Waals surface area contributed by atoms with Crippen molar-refractivity contribution in [2.24, 2.45) is 0 Å². The van der Waals surface area contributed by atoms with Crippen LogP contribution in [-0.4, -0.2) is 13.9 Å². The van der Waals surface area contributed by atoms with E-state index in [4.69, 9.17) is 9.47 Å². The summed E-state index contributed by atoms with van der Waals surface area (Å²) in [5.74, 6) is 0.541. The fraction of sp³-hybridized carbons (Fsp3) is 0.400. The highest BCUT2D eigenvalue weighted by Gasteiger charge is 2.08. The van der Waals surface area contributed by atoms with Crippen LogP contribution in [0.3, 0.4) is 0 Å². The average molecular weight is 184 g/mol. The molecule has 0 aliphatic carbocycles. The predicted octanol–water partition coefficient (Wildman–Crippen LogP) is 2.70. The standard InChI is InChI=1S/C10H13FO2/c1-8(11)9-5-3-4-6-10(9)13-7-12-2/h3-6,8H,7H2,1-2H3. The molecule has 0 amide bonds. The van der Waals surface area contributed by atoms with E-state index in [9.17, 15) is 4.39 Å². The van der Waals surface area contributed by atoms with Crippen LogP contribution in [0.15, 0.2) is 24.3 Å². The van der Waals surface area contributed by atoms with Crippen molar-refractivity contribution in [1.82, 2.24) is 0 Å². The molecule has 0 radical (unpaired) electrons. The summed E-state index contributed by atoms with van der Waals surface area (Å²) in [5, 5.41) is 0. The third-order valence-corrected chi connectivity index (χ3v) is 1.68. The Hall–Kier alpha value is -1.09. The first-order valence-electron chi connectivity index (χ1n) is 4.10. The molecule has 13 heavy (non-hydrogen) atoms. The first kappa shape index (κ1) is 9.99. The van der Waals surface area contributed by atoms with Gasteiger partial charge in [0.1, 0.15) is 11.9 Å². The Labute approximate surface area is 77.3 Å². The molecule has 0 saturated heterocycles. The first-order chi connectivity index (χ1) is 6.25. The van der Waals surface area contributed by atoms with Crippen LogP contribution in [0.5, 0.6) is 5.75 Å². The van der Waals surface area contributed by atoms with Crippen molar-refractivity contribution in [3.8, 4) is 5.75 Å². The lowest BCUT2D eigenvalue weighted by Gasteiger charge is -2.10. The van der Waals surface area contributed by atoms with Crippen molar-refractivity contribution in [2.45, 2.75) is 13.1 Å². The van der Waals surface area contributed by atoms with Crippen molar-refractivity contribution in [2.75, 3.05) is 13.9 Å². The van der Waals surface area contributed by atoms with E-state index in [1.165, 1.54) is 14.0 Å². The fourth-order valence-electron chi connectivity index (χ4n) is 1.06. The lowest BCUT2D eigenvalue weighted by Crippen LogP contribution is -2.01. The van der Waals surface area contributed by atoms with E-state index in [1.807, 2.05) is 0 Å². The van der Waals surface area contributed by atoms with Gasteiger partial charge in [-0.1, -0.05) is 18.2 Å². The van der Waals surface area contributed by atoms with Crippen LogP contribution < -0.4 is 4.74 Å². The Morgan fingerprint density at radius 3 is 2.69 bits per heavy atom. The van der Waals surface area contributed by atoms with E-state index in [1.54, 1.807) is 24.3 Å². The number of ether oxygens (including phenoxy) is 2. The number of methoxy groups -OCH3 is 1. The molecule has 1 unspecified atom stereocenters. The Kier molecular flexibility index (Phi) is 3.71. The van der Waals surface area contributed by atoms with Gasteiger partial charge in [0, 0.05) is 12.7 Å². The van der Waals surface area contributed by atoms with E-state index in [2.05, 4.69) is 0 Å². The van der Waals surface area contributed by atoms with Gasteiger partial charge in [-0.25, -0.2) is 4.39 Å². The van der Waals surface area contributed by atoms with Gasteiger partial charge in [-0.15, -0.1) is 0 Å². The molecule has 1 aromatic carbocycles. The van der Waals surface area contributed by atoms with E-state index < -0.39 is 6.17 Å². The Morgan fingerprint density at radius 2 is 2.08 bits per heavy atom. The molecule has 0 bridgehead atoms. The molecule has 0 aliphatic heterocycles. The van der Waals surface area contributed by atoms with Gasteiger partial charge < -0.3 is 9.47 Å². The highest BCUT2D eigenvalue weighted by molar-refractivity contribution is 5.34. The largest absolute Gasteiger partial charge is 0.467 e. The van der Waals surface area contributed by atoms with Crippen molar-refractivity contribution in [3.05, 3.63) is 29.8 Å². The summed E-state index contributed by atoms with van der Waals surface area (Å²) in [6.07, 6.45) is -1.02. The monoisotopic (exact) mass is 184 g/mol. The van der Waals surface area contributed by atoms with Crippen LogP contribution in [0, 0.1) is 0 Å². The fourth-order valence-corrected chi connectivity index (χ4v) is 1.06. The zero-order chi connectivity index (χ0) is 9.68. The zero-order valence-corrected chi connectivity index (χ0v) is 7.79. The first-order valence-corrected chi connectivity index (χ1v) is 4.10. The Balaban J connectivity index is 2.78. The van der Waals surface area contributed by atoms with Gasteiger partial charge in [0.25, 0.3) is 0 Å². The molecule has 1 aromatic rings. The van der Waals surface area contributed by atoms with Gasteiger partial charge in [-0.2, -0.15) is 0 Å². The molecule has 72 valence electrons. The Morgan fingerprint density at radius 1 is 1.38 bits per heavy atom. The molecule has 0 fully saturated rings. The zero-order valence-electron chi connectivity index (χ0n) is 7.79. The van der Waals surface area contributed by atoms with Crippen LogP contribution >= 0.6 is 0 Å². The summed E-state index contributed by atoms with van der Waals surface area (Å²) < 4.78 is 22.9. The number of rotatable bonds is 4. The molecular weight excluding hydrogens is 171 g/mol. The SMILES string of the molecule is COCOc1ccccc1C(C)F. The van der Waals surface area contributed by atoms with Crippen LogP contribution in [-0.2, 0) is 4.74 Å². The summed E-state index contributed by atoms with van der Waals surface area (Å²) in [4.78, 5) is 0. The Bertz CT molecular complexity index is 261. The van der Waals surface area contributed by atoms with Crippen LogP contribution in [0.25, 0.3) is 0 Å². The predicted molar refractivity (Wildman–Crippen MR) is 48.5 cm³/mol. The molecule has 0 saturated carbocycles. The van der Waals surface area contributed by atoms with Gasteiger partial charge in [-0.3, -0.25) is 0 Å². The van der Waals surface area contributed by atoms with Crippen LogP contribution in [0.4, 0.5) is 4.39 Å². The minimum absolute atomic E-state index is 0.143. The lowest BCUT2D eigenvalue weighted by molar-refractivity contribution is 0.0496. The maximum atomic E-state index is 13.0. The number of para-hydroxylation sites is 1. The summed E-state index contributed by atoms with van der Waals surface area (Å²) in [7, 11) is 1.53. The second kappa shape index (κ2) is 4.82. The minimum Gasteiger partial charge on any atom is -0.467 e. The van der Waals surface area contributed by atoms with Crippen molar-refractivity contribution in [3.63, 3.8) is 0 Å². The average Bonchev–Trinajstić information content (AvgIpc) is 2.15.